The summed E-state index contributed by atoms with van der Waals surface area (Å²) in [6.45, 7) is 4.59. The molecule has 1 atom stereocenters. The standard InChI is InChI=1S/C24H29ClN2O5S/c1-17-7-9-19(10-8-17)16-26-23(28)18(2)32-24(29)20-11-12-21(25)22(15-20)33(30,31)27-13-5-3-4-6-14-27/h7-12,15,18H,3-6,13-14,16H2,1-2H3,(H,26,28). The first-order valence-electron chi connectivity index (χ1n) is 11.0. The van der Waals surface area contributed by atoms with Crippen LogP contribution < -0.4 is 5.32 Å². The van der Waals surface area contributed by atoms with Crippen LogP contribution in [0.4, 0.5) is 0 Å². The summed E-state index contributed by atoms with van der Waals surface area (Å²) in [5.74, 6) is -1.24. The van der Waals surface area contributed by atoms with E-state index in [0.29, 0.717) is 19.6 Å². The highest BCUT2D eigenvalue weighted by atomic mass is 35.5. The molecule has 9 heteroatoms. The van der Waals surface area contributed by atoms with E-state index in [1.807, 2.05) is 31.2 Å². The first-order valence-corrected chi connectivity index (χ1v) is 12.8. The van der Waals surface area contributed by atoms with E-state index in [-0.39, 0.29) is 15.5 Å². The molecule has 7 nitrogen and oxygen atoms in total. The van der Waals surface area contributed by atoms with E-state index in [9.17, 15) is 18.0 Å². The third-order valence-electron chi connectivity index (χ3n) is 5.59. The molecule has 0 aliphatic carbocycles. The molecule has 0 radical (unpaired) electrons. The fraction of sp³-hybridized carbons (Fsp3) is 0.417. The van der Waals surface area contributed by atoms with Crippen molar-refractivity contribution in [3.05, 3.63) is 64.2 Å². The van der Waals surface area contributed by atoms with Crippen LogP contribution in [0, 0.1) is 6.92 Å². The largest absolute Gasteiger partial charge is 0.449 e. The molecular weight excluding hydrogens is 464 g/mol. The summed E-state index contributed by atoms with van der Waals surface area (Å²) < 4.78 is 33.0. The second-order valence-electron chi connectivity index (χ2n) is 8.21. The quantitative estimate of drug-likeness (QED) is 0.588. The van der Waals surface area contributed by atoms with Gasteiger partial charge in [0.15, 0.2) is 6.10 Å². The normalized spacial score (nSPS) is 16.0. The van der Waals surface area contributed by atoms with Gasteiger partial charge in [-0.25, -0.2) is 13.2 Å². The Hall–Kier alpha value is -2.42. The smallest absolute Gasteiger partial charge is 0.338 e. The van der Waals surface area contributed by atoms with E-state index < -0.39 is 28.0 Å². The number of hydrogen-bond donors (Lipinski definition) is 1. The first kappa shape index (κ1) is 25.2. The molecule has 0 spiro atoms. The highest BCUT2D eigenvalue weighted by Crippen LogP contribution is 2.28. The molecule has 1 amide bonds. The van der Waals surface area contributed by atoms with Gasteiger partial charge in [0, 0.05) is 19.6 Å². The number of amides is 1. The summed E-state index contributed by atoms with van der Waals surface area (Å²) in [5, 5.41) is 2.77. The van der Waals surface area contributed by atoms with Crippen molar-refractivity contribution in [2.24, 2.45) is 0 Å². The minimum atomic E-state index is -3.84. The number of aryl methyl sites for hydroxylation is 1. The van der Waals surface area contributed by atoms with Crippen molar-refractivity contribution in [3.63, 3.8) is 0 Å². The van der Waals surface area contributed by atoms with Crippen LogP contribution >= 0.6 is 11.6 Å². The van der Waals surface area contributed by atoms with Gasteiger partial charge in [-0.15, -0.1) is 0 Å². The molecule has 1 N–H and O–H groups in total. The van der Waals surface area contributed by atoms with Crippen LogP contribution in [0.5, 0.6) is 0 Å². The zero-order chi connectivity index (χ0) is 24.0. The van der Waals surface area contributed by atoms with E-state index in [0.717, 1.165) is 36.8 Å². The van der Waals surface area contributed by atoms with Crippen LogP contribution in [-0.4, -0.2) is 43.8 Å². The third kappa shape index (κ3) is 6.56. The second kappa shape index (κ2) is 11.1. The maximum absolute atomic E-state index is 13.1. The molecule has 3 rings (SSSR count). The fourth-order valence-corrected chi connectivity index (χ4v) is 5.59. The van der Waals surface area contributed by atoms with Gasteiger partial charge in [-0.1, -0.05) is 54.3 Å². The maximum Gasteiger partial charge on any atom is 0.338 e. The van der Waals surface area contributed by atoms with Gasteiger partial charge in [-0.3, -0.25) is 4.79 Å². The Morgan fingerprint density at radius 2 is 1.70 bits per heavy atom. The minimum absolute atomic E-state index is 0.0194. The average Bonchev–Trinajstić information content (AvgIpc) is 3.09. The fourth-order valence-electron chi connectivity index (χ4n) is 3.57. The van der Waals surface area contributed by atoms with Crippen molar-refractivity contribution < 1.29 is 22.7 Å². The van der Waals surface area contributed by atoms with E-state index in [4.69, 9.17) is 16.3 Å². The highest BCUT2D eigenvalue weighted by Gasteiger charge is 2.29. The predicted molar refractivity (Wildman–Crippen MR) is 127 cm³/mol. The first-order chi connectivity index (χ1) is 15.7. The van der Waals surface area contributed by atoms with Crippen LogP contribution in [0.3, 0.4) is 0 Å². The number of sulfonamides is 1. The van der Waals surface area contributed by atoms with E-state index in [1.165, 1.54) is 29.4 Å². The maximum atomic E-state index is 13.1. The van der Waals surface area contributed by atoms with Crippen molar-refractivity contribution in [2.45, 2.75) is 57.1 Å². The number of esters is 1. The van der Waals surface area contributed by atoms with Gasteiger partial charge in [0.2, 0.25) is 10.0 Å². The molecular formula is C24H29ClN2O5S. The van der Waals surface area contributed by atoms with Crippen molar-refractivity contribution in [1.29, 1.82) is 0 Å². The van der Waals surface area contributed by atoms with Gasteiger partial charge in [-0.2, -0.15) is 4.31 Å². The monoisotopic (exact) mass is 492 g/mol. The summed E-state index contributed by atoms with van der Waals surface area (Å²) in [4.78, 5) is 24.9. The molecule has 178 valence electrons. The molecule has 1 heterocycles. The molecule has 33 heavy (non-hydrogen) atoms. The Kier molecular flexibility index (Phi) is 8.51. The van der Waals surface area contributed by atoms with Gasteiger partial charge in [0.05, 0.1) is 10.6 Å². The van der Waals surface area contributed by atoms with Gasteiger partial charge < -0.3 is 10.1 Å². The number of carbonyl (C=O) groups excluding carboxylic acids is 2. The third-order valence-corrected chi connectivity index (χ3v) is 7.97. The molecule has 1 saturated heterocycles. The number of rotatable bonds is 7. The molecule has 1 aliphatic rings. The van der Waals surface area contributed by atoms with Gasteiger partial charge >= 0.3 is 5.97 Å². The lowest BCUT2D eigenvalue weighted by molar-refractivity contribution is -0.129. The highest BCUT2D eigenvalue weighted by molar-refractivity contribution is 7.89. The summed E-state index contributed by atoms with van der Waals surface area (Å²) in [6.07, 6.45) is 2.48. The Labute approximate surface area is 200 Å². The zero-order valence-corrected chi connectivity index (χ0v) is 20.4. The summed E-state index contributed by atoms with van der Waals surface area (Å²) in [7, 11) is -3.84. The summed E-state index contributed by atoms with van der Waals surface area (Å²) in [6, 6.07) is 11.7. The number of nitrogens with zero attached hydrogens (tertiary/aromatic N) is 1. The van der Waals surface area contributed by atoms with E-state index in [1.54, 1.807) is 0 Å². The van der Waals surface area contributed by atoms with Crippen molar-refractivity contribution in [2.75, 3.05) is 13.1 Å². The summed E-state index contributed by atoms with van der Waals surface area (Å²) >= 11 is 6.19. The van der Waals surface area contributed by atoms with Crippen LogP contribution in [0.15, 0.2) is 47.4 Å². The molecule has 2 aromatic carbocycles. The van der Waals surface area contributed by atoms with E-state index >= 15 is 0 Å². The lowest BCUT2D eigenvalue weighted by atomic mass is 10.1. The number of nitrogens with one attached hydrogen (secondary N) is 1. The number of ether oxygens (including phenoxy) is 1. The van der Waals surface area contributed by atoms with E-state index in [2.05, 4.69) is 5.32 Å². The number of hydrogen-bond acceptors (Lipinski definition) is 5. The minimum Gasteiger partial charge on any atom is -0.449 e. The Bertz CT molecular complexity index is 1090. The van der Waals surface area contributed by atoms with Crippen LogP contribution in [0.25, 0.3) is 0 Å². The lowest BCUT2D eigenvalue weighted by Gasteiger charge is -2.21. The predicted octanol–water partition coefficient (Wildman–Crippen LogP) is 4.07. The summed E-state index contributed by atoms with van der Waals surface area (Å²) in [5.41, 5.74) is 2.06. The van der Waals surface area contributed by atoms with Gasteiger partial charge in [0.1, 0.15) is 4.90 Å². The van der Waals surface area contributed by atoms with Crippen molar-refractivity contribution in [1.82, 2.24) is 9.62 Å². The lowest BCUT2D eigenvalue weighted by Crippen LogP contribution is -2.35. The SMILES string of the molecule is Cc1ccc(CNC(=O)C(C)OC(=O)c2ccc(Cl)c(S(=O)(=O)N3CCCCCC3)c2)cc1. The van der Waals surface area contributed by atoms with Gasteiger partial charge in [0.25, 0.3) is 5.91 Å². The molecule has 1 unspecified atom stereocenters. The van der Waals surface area contributed by atoms with Crippen molar-refractivity contribution >= 4 is 33.5 Å². The average molecular weight is 493 g/mol. The number of halogens is 1. The van der Waals surface area contributed by atoms with Crippen molar-refractivity contribution in [3.8, 4) is 0 Å². The zero-order valence-electron chi connectivity index (χ0n) is 18.8. The topological polar surface area (TPSA) is 92.8 Å². The second-order valence-corrected chi connectivity index (χ2v) is 10.5. The molecule has 1 aliphatic heterocycles. The van der Waals surface area contributed by atoms with Gasteiger partial charge in [-0.05, 0) is 50.5 Å². The molecule has 0 saturated carbocycles. The Morgan fingerprint density at radius 3 is 2.33 bits per heavy atom. The van der Waals surface area contributed by atoms with Crippen LogP contribution in [0.1, 0.15) is 54.1 Å². The van der Waals surface area contributed by atoms with Crippen LogP contribution in [0.2, 0.25) is 5.02 Å². The molecule has 1 fully saturated rings. The Morgan fingerprint density at radius 1 is 1.06 bits per heavy atom. The van der Waals surface area contributed by atoms with Crippen LogP contribution in [-0.2, 0) is 26.1 Å². The molecule has 0 aromatic heterocycles. The Balaban J connectivity index is 1.67. The number of carbonyl (C=O) groups is 2. The number of benzene rings is 2. The molecule has 2 aromatic rings. The molecule has 0 bridgehead atoms.